The number of hydrogen-bond donors (Lipinski definition) is 2. The predicted molar refractivity (Wildman–Crippen MR) is 111 cm³/mol. The molecule has 3 rings (SSSR count). The van der Waals surface area contributed by atoms with Gasteiger partial charge in [-0.2, -0.15) is 11.8 Å². The lowest BCUT2D eigenvalue weighted by atomic mass is 9.95. The van der Waals surface area contributed by atoms with E-state index in [0.717, 1.165) is 58.2 Å². The lowest BCUT2D eigenvalue weighted by Crippen LogP contribution is -2.60. The second kappa shape index (κ2) is 10.2. The molecule has 6 heteroatoms. The molecule has 0 amide bonds. The van der Waals surface area contributed by atoms with Crippen molar-refractivity contribution in [1.82, 2.24) is 15.5 Å². The molecule has 0 radical (unpaired) electrons. The van der Waals surface area contributed by atoms with Crippen molar-refractivity contribution >= 4 is 17.7 Å². The van der Waals surface area contributed by atoms with E-state index in [9.17, 15) is 0 Å². The van der Waals surface area contributed by atoms with E-state index in [0.29, 0.717) is 0 Å². The molecule has 1 aromatic rings. The monoisotopic (exact) mass is 376 g/mol. The van der Waals surface area contributed by atoms with Crippen LogP contribution < -0.4 is 10.6 Å². The maximum Gasteiger partial charge on any atom is 0.191 e. The van der Waals surface area contributed by atoms with Crippen LogP contribution in [-0.4, -0.2) is 74.3 Å². The Morgan fingerprint density at radius 1 is 1.23 bits per heavy atom. The fraction of sp³-hybridized carbons (Fsp3) is 0.650. The molecule has 2 saturated heterocycles. The first kappa shape index (κ1) is 19.5. The van der Waals surface area contributed by atoms with E-state index >= 15 is 0 Å². The number of ether oxygens (including phenoxy) is 1. The van der Waals surface area contributed by atoms with Crippen molar-refractivity contribution in [2.45, 2.75) is 24.8 Å². The van der Waals surface area contributed by atoms with E-state index in [-0.39, 0.29) is 5.54 Å². The molecule has 5 nitrogen and oxygen atoms in total. The van der Waals surface area contributed by atoms with Gasteiger partial charge in [-0.3, -0.25) is 9.89 Å². The van der Waals surface area contributed by atoms with E-state index in [2.05, 4.69) is 62.6 Å². The summed E-state index contributed by atoms with van der Waals surface area (Å²) in [4.78, 5) is 7.05. The first-order valence-corrected chi connectivity index (χ1v) is 10.9. The van der Waals surface area contributed by atoms with Crippen molar-refractivity contribution in [2.24, 2.45) is 4.99 Å². The van der Waals surface area contributed by atoms with E-state index < -0.39 is 0 Å². The number of nitrogens with zero attached hydrogens (tertiary/aromatic N) is 2. The molecule has 2 heterocycles. The highest BCUT2D eigenvalue weighted by atomic mass is 32.2. The molecule has 2 aliphatic rings. The Bertz CT molecular complexity index is 554. The first-order chi connectivity index (χ1) is 12.8. The molecule has 26 heavy (non-hydrogen) atoms. The third-order valence-corrected chi connectivity index (χ3v) is 6.58. The topological polar surface area (TPSA) is 48.9 Å². The first-order valence-electron chi connectivity index (χ1n) is 9.71. The number of guanidine groups is 1. The van der Waals surface area contributed by atoms with Crippen LogP contribution in [0.1, 0.15) is 18.4 Å². The van der Waals surface area contributed by atoms with E-state index in [4.69, 9.17) is 4.74 Å². The highest BCUT2D eigenvalue weighted by molar-refractivity contribution is 7.99. The van der Waals surface area contributed by atoms with Crippen molar-refractivity contribution in [3.8, 4) is 0 Å². The Balaban J connectivity index is 1.43. The molecule has 2 N–H and O–H groups in total. The molecule has 1 atom stereocenters. The van der Waals surface area contributed by atoms with Crippen molar-refractivity contribution in [1.29, 1.82) is 0 Å². The van der Waals surface area contributed by atoms with Gasteiger partial charge in [0.15, 0.2) is 5.96 Å². The van der Waals surface area contributed by atoms with E-state index in [1.807, 2.05) is 7.05 Å². The van der Waals surface area contributed by atoms with Crippen LogP contribution in [0.5, 0.6) is 0 Å². The molecule has 1 aromatic carbocycles. The smallest absolute Gasteiger partial charge is 0.191 e. The summed E-state index contributed by atoms with van der Waals surface area (Å²) in [5.74, 6) is 3.37. The summed E-state index contributed by atoms with van der Waals surface area (Å²) < 4.78 is 5.55. The summed E-state index contributed by atoms with van der Waals surface area (Å²) in [6.45, 7) is 5.71. The predicted octanol–water partition coefficient (Wildman–Crippen LogP) is 1.99. The van der Waals surface area contributed by atoms with Gasteiger partial charge in [0.05, 0.1) is 13.2 Å². The molecule has 2 fully saturated rings. The number of hydrogen-bond acceptors (Lipinski definition) is 4. The minimum absolute atomic E-state index is 0.246. The normalized spacial score (nSPS) is 24.6. The largest absolute Gasteiger partial charge is 0.379 e. The number of rotatable bonds is 7. The molecule has 0 aromatic heterocycles. The highest BCUT2D eigenvalue weighted by Crippen LogP contribution is 2.33. The Morgan fingerprint density at radius 3 is 2.73 bits per heavy atom. The number of nitrogens with one attached hydrogen (secondary N) is 2. The molecule has 2 aliphatic heterocycles. The average Bonchev–Trinajstić information content (AvgIpc) is 3.19. The average molecular weight is 377 g/mol. The fourth-order valence-electron chi connectivity index (χ4n) is 3.75. The summed E-state index contributed by atoms with van der Waals surface area (Å²) in [6.07, 6.45) is 3.45. The van der Waals surface area contributed by atoms with Crippen molar-refractivity contribution in [3.05, 3.63) is 35.9 Å². The number of benzene rings is 1. The lowest BCUT2D eigenvalue weighted by Gasteiger charge is -2.43. The Hall–Kier alpha value is -1.24. The third-order valence-electron chi connectivity index (χ3n) is 5.35. The van der Waals surface area contributed by atoms with Crippen molar-refractivity contribution in [2.75, 3.05) is 57.9 Å². The highest BCUT2D eigenvalue weighted by Gasteiger charge is 2.40. The fourth-order valence-corrected chi connectivity index (χ4v) is 5.23. The van der Waals surface area contributed by atoms with Gasteiger partial charge in [0, 0.05) is 44.5 Å². The molecule has 0 aliphatic carbocycles. The SMILES string of the molecule is CN=C(NCCCc1ccccc1)NCC1(N2CCOCC2)CCSC1. The quantitative estimate of drug-likeness (QED) is 0.433. The minimum atomic E-state index is 0.246. The van der Waals surface area contributed by atoms with Gasteiger partial charge in [0.25, 0.3) is 0 Å². The zero-order valence-electron chi connectivity index (χ0n) is 15.9. The van der Waals surface area contributed by atoms with Crippen LogP contribution >= 0.6 is 11.8 Å². The Morgan fingerprint density at radius 2 is 2.04 bits per heavy atom. The van der Waals surface area contributed by atoms with E-state index in [1.165, 1.54) is 23.5 Å². The zero-order valence-corrected chi connectivity index (χ0v) is 16.7. The Kier molecular flexibility index (Phi) is 7.65. The molecule has 0 saturated carbocycles. The standard InChI is InChI=1S/C20H32N4OS/c1-21-19(22-10-5-8-18-6-3-2-4-7-18)23-16-20(9-15-26-17-20)24-11-13-25-14-12-24/h2-4,6-7H,5,8-17H2,1H3,(H2,21,22,23). The second-order valence-corrected chi connectivity index (χ2v) is 8.17. The molecule has 0 spiro atoms. The van der Waals surface area contributed by atoms with Crippen molar-refractivity contribution < 1.29 is 4.74 Å². The summed E-state index contributed by atoms with van der Waals surface area (Å²) in [6, 6.07) is 10.7. The number of aliphatic imine (C=N–C) groups is 1. The molecule has 1 unspecified atom stereocenters. The third kappa shape index (κ3) is 5.38. The second-order valence-electron chi connectivity index (χ2n) is 7.07. The zero-order chi connectivity index (χ0) is 18.1. The van der Waals surface area contributed by atoms with Gasteiger partial charge in [0.1, 0.15) is 0 Å². The number of thioether (sulfide) groups is 1. The Labute approximate surface area is 162 Å². The van der Waals surface area contributed by atoms with Gasteiger partial charge in [-0.15, -0.1) is 0 Å². The molecule has 144 valence electrons. The molecule has 0 bridgehead atoms. The van der Waals surface area contributed by atoms with Crippen LogP contribution in [-0.2, 0) is 11.2 Å². The van der Waals surface area contributed by atoms with Crippen LogP contribution in [0, 0.1) is 0 Å². The van der Waals surface area contributed by atoms with Crippen LogP contribution in [0.15, 0.2) is 35.3 Å². The summed E-state index contributed by atoms with van der Waals surface area (Å²) in [5, 5.41) is 7.06. The summed E-state index contributed by atoms with van der Waals surface area (Å²) in [5.41, 5.74) is 1.64. The van der Waals surface area contributed by atoms with E-state index in [1.54, 1.807) is 0 Å². The van der Waals surface area contributed by atoms with Gasteiger partial charge in [-0.05, 0) is 30.6 Å². The van der Waals surface area contributed by atoms with Gasteiger partial charge in [-0.25, -0.2) is 0 Å². The van der Waals surface area contributed by atoms with Gasteiger partial charge >= 0.3 is 0 Å². The van der Waals surface area contributed by atoms with Crippen LogP contribution in [0.4, 0.5) is 0 Å². The lowest BCUT2D eigenvalue weighted by molar-refractivity contribution is -0.0120. The van der Waals surface area contributed by atoms with Gasteiger partial charge in [0.2, 0.25) is 0 Å². The van der Waals surface area contributed by atoms with Gasteiger partial charge in [-0.1, -0.05) is 30.3 Å². The van der Waals surface area contributed by atoms with Crippen LogP contribution in [0.25, 0.3) is 0 Å². The maximum atomic E-state index is 5.55. The summed E-state index contributed by atoms with van der Waals surface area (Å²) in [7, 11) is 1.86. The van der Waals surface area contributed by atoms with Gasteiger partial charge < -0.3 is 15.4 Å². The molecular formula is C20H32N4OS. The maximum absolute atomic E-state index is 5.55. The number of morpholine rings is 1. The minimum Gasteiger partial charge on any atom is -0.379 e. The number of aryl methyl sites for hydroxylation is 1. The molecular weight excluding hydrogens is 344 g/mol. The summed E-state index contributed by atoms with van der Waals surface area (Å²) >= 11 is 2.07. The van der Waals surface area contributed by atoms with Crippen LogP contribution in [0.3, 0.4) is 0 Å². The van der Waals surface area contributed by atoms with Crippen LogP contribution in [0.2, 0.25) is 0 Å². The van der Waals surface area contributed by atoms with Crippen molar-refractivity contribution in [3.63, 3.8) is 0 Å².